The Labute approximate surface area is 204 Å². The van der Waals surface area contributed by atoms with Gasteiger partial charge in [0.15, 0.2) is 0 Å². The lowest BCUT2D eigenvalue weighted by Gasteiger charge is -2.32. The molecule has 5 aromatic rings. The normalized spacial score (nSPS) is 14.6. The minimum atomic E-state index is -0.597. The van der Waals surface area contributed by atoms with E-state index in [1.165, 1.54) is 12.1 Å². The molecule has 6 rings (SSSR count). The fourth-order valence-electron chi connectivity index (χ4n) is 4.65. The largest absolute Gasteiger partial charge is 0.342 e. The molecule has 0 radical (unpaired) electrons. The molecule has 1 aliphatic rings. The van der Waals surface area contributed by atoms with Gasteiger partial charge in [0.2, 0.25) is 5.95 Å². The van der Waals surface area contributed by atoms with Crippen LogP contribution in [0.3, 0.4) is 0 Å². The SMILES string of the molecule is N#Cc1ccc(-c2nc(N3CCC(N)CC3)n3ccnc3c2-c2ccc3n[nH]c(Cl)c3c2)cc1F. The van der Waals surface area contributed by atoms with E-state index in [9.17, 15) is 9.65 Å². The van der Waals surface area contributed by atoms with E-state index in [2.05, 4.69) is 20.1 Å². The highest BCUT2D eigenvalue weighted by Gasteiger charge is 2.25. The molecule has 174 valence electrons. The molecule has 1 aliphatic heterocycles. The number of rotatable bonds is 3. The first kappa shape index (κ1) is 21.5. The van der Waals surface area contributed by atoms with Gasteiger partial charge in [-0.3, -0.25) is 9.50 Å². The summed E-state index contributed by atoms with van der Waals surface area (Å²) in [7, 11) is 0. The average molecular weight is 487 g/mol. The van der Waals surface area contributed by atoms with Crippen molar-refractivity contribution in [3.8, 4) is 28.5 Å². The van der Waals surface area contributed by atoms with E-state index >= 15 is 0 Å². The summed E-state index contributed by atoms with van der Waals surface area (Å²) in [4.78, 5) is 11.9. The van der Waals surface area contributed by atoms with Gasteiger partial charge in [0.1, 0.15) is 22.7 Å². The number of nitrogens with one attached hydrogen (secondary N) is 1. The molecule has 0 saturated carbocycles. The molecule has 10 heteroatoms. The van der Waals surface area contributed by atoms with Crippen LogP contribution < -0.4 is 10.6 Å². The van der Waals surface area contributed by atoms with Gasteiger partial charge in [-0.1, -0.05) is 23.7 Å². The Bertz CT molecular complexity index is 1620. The van der Waals surface area contributed by atoms with Gasteiger partial charge in [-0.15, -0.1) is 0 Å². The van der Waals surface area contributed by atoms with Gasteiger partial charge in [0.25, 0.3) is 0 Å². The Morgan fingerprint density at radius 2 is 1.94 bits per heavy atom. The molecule has 0 unspecified atom stereocenters. The summed E-state index contributed by atoms with van der Waals surface area (Å²) in [5.41, 5.74) is 10.2. The van der Waals surface area contributed by atoms with E-state index < -0.39 is 5.82 Å². The summed E-state index contributed by atoms with van der Waals surface area (Å²) < 4.78 is 16.7. The molecule has 0 spiro atoms. The molecule has 1 saturated heterocycles. The number of benzene rings is 2. The van der Waals surface area contributed by atoms with Crippen molar-refractivity contribution in [2.24, 2.45) is 5.73 Å². The minimum absolute atomic E-state index is 0.0194. The molecule has 0 bridgehead atoms. The van der Waals surface area contributed by atoms with Crippen LogP contribution in [0.5, 0.6) is 0 Å². The summed E-state index contributed by atoms with van der Waals surface area (Å²) in [5, 5.41) is 17.4. The molecule has 35 heavy (non-hydrogen) atoms. The van der Waals surface area contributed by atoms with E-state index in [1.54, 1.807) is 12.3 Å². The molecule has 3 N–H and O–H groups in total. The maximum atomic E-state index is 14.7. The van der Waals surface area contributed by atoms with Crippen LogP contribution in [0.15, 0.2) is 48.8 Å². The van der Waals surface area contributed by atoms with Crippen molar-refractivity contribution in [2.75, 3.05) is 18.0 Å². The van der Waals surface area contributed by atoms with Crippen LogP contribution in [-0.2, 0) is 0 Å². The third-order valence-electron chi connectivity index (χ3n) is 6.51. The quantitative estimate of drug-likeness (QED) is 0.387. The number of nitrogens with zero attached hydrogens (tertiary/aromatic N) is 6. The lowest BCUT2D eigenvalue weighted by atomic mass is 9.98. The van der Waals surface area contributed by atoms with Crippen molar-refractivity contribution in [3.63, 3.8) is 0 Å². The zero-order chi connectivity index (χ0) is 24.1. The van der Waals surface area contributed by atoms with Crippen molar-refractivity contribution in [3.05, 3.63) is 65.3 Å². The Morgan fingerprint density at radius 1 is 1.14 bits per heavy atom. The van der Waals surface area contributed by atoms with Crippen LogP contribution in [0.2, 0.25) is 5.15 Å². The molecule has 1 fully saturated rings. The second-order valence-corrected chi connectivity index (χ2v) is 9.03. The van der Waals surface area contributed by atoms with Crippen LogP contribution in [-0.4, -0.2) is 43.7 Å². The van der Waals surface area contributed by atoms with Gasteiger partial charge in [0.05, 0.1) is 22.3 Å². The zero-order valence-electron chi connectivity index (χ0n) is 18.5. The highest BCUT2D eigenvalue weighted by molar-refractivity contribution is 6.34. The van der Waals surface area contributed by atoms with E-state index in [0.29, 0.717) is 22.1 Å². The molecular formula is C25H20ClFN8. The number of aromatic amines is 1. The zero-order valence-corrected chi connectivity index (χ0v) is 19.3. The van der Waals surface area contributed by atoms with E-state index in [1.807, 2.05) is 34.9 Å². The number of anilines is 1. The molecule has 0 amide bonds. The van der Waals surface area contributed by atoms with Crippen molar-refractivity contribution in [1.29, 1.82) is 5.26 Å². The molecule has 0 atom stereocenters. The monoisotopic (exact) mass is 486 g/mol. The number of aromatic nitrogens is 5. The average Bonchev–Trinajstić information content (AvgIpc) is 3.50. The van der Waals surface area contributed by atoms with Crippen molar-refractivity contribution >= 4 is 34.1 Å². The van der Waals surface area contributed by atoms with Crippen LogP contribution >= 0.6 is 11.6 Å². The van der Waals surface area contributed by atoms with Crippen LogP contribution in [0.4, 0.5) is 10.3 Å². The highest BCUT2D eigenvalue weighted by atomic mass is 35.5. The Kier molecular flexibility index (Phi) is 5.13. The number of nitriles is 1. The maximum Gasteiger partial charge on any atom is 0.211 e. The third kappa shape index (κ3) is 3.58. The number of H-pyrrole nitrogens is 1. The lowest BCUT2D eigenvalue weighted by Crippen LogP contribution is -2.40. The van der Waals surface area contributed by atoms with E-state index in [-0.39, 0.29) is 11.6 Å². The van der Waals surface area contributed by atoms with Gasteiger partial charge >= 0.3 is 0 Å². The first-order chi connectivity index (χ1) is 17.0. The van der Waals surface area contributed by atoms with Gasteiger partial charge in [0, 0.05) is 42.5 Å². The summed E-state index contributed by atoms with van der Waals surface area (Å²) in [5.74, 6) is 0.120. The Balaban J connectivity index is 1.63. The van der Waals surface area contributed by atoms with Crippen molar-refractivity contribution in [1.82, 2.24) is 24.6 Å². The number of nitrogens with two attached hydrogens (primary N) is 1. The minimum Gasteiger partial charge on any atom is -0.342 e. The molecular weight excluding hydrogens is 467 g/mol. The standard InChI is InChI=1S/C25H20ClFN8/c26-23-18-11-14(3-4-20(18)32-33-23)21-22(15-1-2-16(13-28)19(27)12-15)31-25(35-10-7-30-24(21)35)34-8-5-17(29)6-9-34/h1-4,7,10-12,17H,5-6,8-9,29H2,(H,32,33). The predicted octanol–water partition coefficient (Wildman–Crippen LogP) is 4.53. The number of halogens is 2. The molecule has 3 aromatic heterocycles. The number of hydrogen-bond acceptors (Lipinski definition) is 6. The third-order valence-corrected chi connectivity index (χ3v) is 6.80. The summed E-state index contributed by atoms with van der Waals surface area (Å²) in [6.07, 6.45) is 5.32. The highest BCUT2D eigenvalue weighted by Crippen LogP contribution is 2.38. The smallest absolute Gasteiger partial charge is 0.211 e. The van der Waals surface area contributed by atoms with Gasteiger partial charge in [-0.25, -0.2) is 14.4 Å². The van der Waals surface area contributed by atoms with Gasteiger partial charge in [-0.2, -0.15) is 10.4 Å². The molecule has 0 aliphatic carbocycles. The number of piperidine rings is 1. The van der Waals surface area contributed by atoms with Crippen LogP contribution in [0.25, 0.3) is 38.9 Å². The Hall–Kier alpha value is -4.00. The topological polar surface area (TPSA) is 112 Å². The Morgan fingerprint density at radius 3 is 2.71 bits per heavy atom. The molecule has 8 nitrogen and oxygen atoms in total. The van der Waals surface area contributed by atoms with Crippen LogP contribution in [0, 0.1) is 17.1 Å². The van der Waals surface area contributed by atoms with Crippen LogP contribution in [0.1, 0.15) is 18.4 Å². The van der Waals surface area contributed by atoms with Crippen molar-refractivity contribution in [2.45, 2.75) is 18.9 Å². The number of fused-ring (bicyclic) bond motifs is 2. The summed E-state index contributed by atoms with van der Waals surface area (Å²) in [6, 6.07) is 12.3. The second-order valence-electron chi connectivity index (χ2n) is 8.66. The fraction of sp³-hybridized carbons (Fsp3) is 0.200. The fourth-order valence-corrected chi connectivity index (χ4v) is 4.84. The van der Waals surface area contributed by atoms with E-state index in [4.69, 9.17) is 22.3 Å². The lowest BCUT2D eigenvalue weighted by molar-refractivity contribution is 0.494. The summed E-state index contributed by atoms with van der Waals surface area (Å²) >= 11 is 6.33. The first-order valence-corrected chi connectivity index (χ1v) is 11.6. The molecule has 2 aromatic carbocycles. The summed E-state index contributed by atoms with van der Waals surface area (Å²) in [6.45, 7) is 1.52. The van der Waals surface area contributed by atoms with Crippen molar-refractivity contribution < 1.29 is 4.39 Å². The first-order valence-electron chi connectivity index (χ1n) is 11.2. The maximum absolute atomic E-state index is 14.7. The second kappa shape index (κ2) is 8.34. The predicted molar refractivity (Wildman–Crippen MR) is 133 cm³/mol. The van der Waals surface area contributed by atoms with Gasteiger partial charge < -0.3 is 10.6 Å². The number of hydrogen-bond donors (Lipinski definition) is 2. The van der Waals surface area contributed by atoms with Gasteiger partial charge in [-0.05, 0) is 42.7 Å². The molecule has 4 heterocycles. The van der Waals surface area contributed by atoms with E-state index in [0.717, 1.165) is 53.9 Å². The number of imidazole rings is 1.